The van der Waals surface area contributed by atoms with Crippen molar-refractivity contribution in [3.05, 3.63) is 94.5 Å². The van der Waals surface area contributed by atoms with Gasteiger partial charge in [-0.1, -0.05) is 18.2 Å². The van der Waals surface area contributed by atoms with E-state index in [1.54, 1.807) is 18.4 Å². The zero-order valence-electron chi connectivity index (χ0n) is 18.7. The van der Waals surface area contributed by atoms with Crippen molar-refractivity contribution in [1.29, 1.82) is 0 Å². The molecule has 0 saturated carbocycles. The Morgan fingerprint density at radius 2 is 1.91 bits per heavy atom. The zero-order chi connectivity index (χ0) is 22.9. The zero-order valence-corrected chi connectivity index (χ0v) is 20.4. The van der Waals surface area contributed by atoms with Crippen molar-refractivity contribution in [1.82, 2.24) is 24.8 Å². The van der Waals surface area contributed by atoms with Crippen LogP contribution in [0.15, 0.2) is 66.3 Å². The molecule has 0 bridgehead atoms. The van der Waals surface area contributed by atoms with E-state index in [0.717, 1.165) is 27.4 Å². The molecular formula is C25H25N5OS2. The third-order valence-electron chi connectivity index (χ3n) is 6.11. The molecule has 0 unspecified atom stereocenters. The van der Waals surface area contributed by atoms with Crippen molar-refractivity contribution in [2.24, 2.45) is 0 Å². The van der Waals surface area contributed by atoms with Gasteiger partial charge in [0.1, 0.15) is 5.75 Å². The lowest BCUT2D eigenvalue weighted by atomic mass is 9.96. The van der Waals surface area contributed by atoms with Gasteiger partial charge in [0.05, 0.1) is 24.9 Å². The van der Waals surface area contributed by atoms with Crippen LogP contribution in [0.4, 0.5) is 0 Å². The van der Waals surface area contributed by atoms with Crippen molar-refractivity contribution in [3.8, 4) is 10.9 Å². The van der Waals surface area contributed by atoms with Crippen LogP contribution in [0.5, 0.6) is 5.75 Å². The molecule has 2 atom stereocenters. The van der Waals surface area contributed by atoms with Crippen LogP contribution in [0.25, 0.3) is 5.13 Å². The summed E-state index contributed by atoms with van der Waals surface area (Å²) in [4.78, 5) is 11.5. The van der Waals surface area contributed by atoms with Crippen molar-refractivity contribution in [3.63, 3.8) is 0 Å². The van der Waals surface area contributed by atoms with Crippen LogP contribution in [0.1, 0.15) is 40.3 Å². The van der Waals surface area contributed by atoms with E-state index in [0.29, 0.717) is 6.54 Å². The number of nitrogens with zero attached hydrogens (tertiary/aromatic N) is 4. The van der Waals surface area contributed by atoms with Gasteiger partial charge in [0.25, 0.3) is 0 Å². The normalized spacial score (nSPS) is 17.9. The Kier molecular flexibility index (Phi) is 5.86. The number of thiocarbonyl (C=S) groups is 1. The monoisotopic (exact) mass is 475 g/mol. The summed E-state index contributed by atoms with van der Waals surface area (Å²) in [6.45, 7) is 4.97. The lowest BCUT2D eigenvalue weighted by molar-refractivity contribution is 0.310. The number of nitrogens with one attached hydrogen (secondary N) is 1. The van der Waals surface area contributed by atoms with E-state index in [1.807, 2.05) is 42.0 Å². The number of ether oxygens (including phenoxy) is 1. The second-order valence-corrected chi connectivity index (χ2v) is 9.34. The molecule has 3 aromatic heterocycles. The quantitative estimate of drug-likeness (QED) is 0.390. The Balaban J connectivity index is 1.58. The topological polar surface area (TPSA) is 55.2 Å². The van der Waals surface area contributed by atoms with Crippen molar-refractivity contribution < 1.29 is 4.74 Å². The molecule has 0 aliphatic carbocycles. The molecule has 1 aliphatic rings. The third kappa shape index (κ3) is 4.00. The highest BCUT2D eigenvalue weighted by molar-refractivity contribution is 7.80. The summed E-state index contributed by atoms with van der Waals surface area (Å²) in [7, 11) is 1.68. The van der Waals surface area contributed by atoms with E-state index in [4.69, 9.17) is 17.0 Å². The number of hydrogen-bond acceptors (Lipinski definition) is 5. The fourth-order valence-electron chi connectivity index (χ4n) is 4.55. The smallest absolute Gasteiger partial charge is 0.193 e. The van der Waals surface area contributed by atoms with Crippen LogP contribution in [0.3, 0.4) is 0 Å². The number of hydrogen-bond donors (Lipinski definition) is 1. The van der Waals surface area contributed by atoms with E-state index in [1.165, 1.54) is 16.8 Å². The number of benzene rings is 1. The van der Waals surface area contributed by atoms with E-state index in [-0.39, 0.29) is 12.1 Å². The summed E-state index contributed by atoms with van der Waals surface area (Å²) < 4.78 is 7.55. The Bertz CT molecular complexity index is 1250. The summed E-state index contributed by atoms with van der Waals surface area (Å²) in [6, 6.07) is 16.4. The highest BCUT2D eigenvalue weighted by Crippen LogP contribution is 2.42. The van der Waals surface area contributed by atoms with Crippen LogP contribution in [-0.2, 0) is 6.54 Å². The molecule has 6 nitrogen and oxygen atoms in total. The molecule has 1 aromatic carbocycles. The second-order valence-electron chi connectivity index (χ2n) is 8.08. The number of aryl methyl sites for hydroxylation is 1. The van der Waals surface area contributed by atoms with Crippen LogP contribution < -0.4 is 10.1 Å². The minimum atomic E-state index is -0.0535. The second kappa shape index (κ2) is 8.96. The fourth-order valence-corrected chi connectivity index (χ4v) is 5.61. The van der Waals surface area contributed by atoms with E-state index in [2.05, 4.69) is 62.9 Å². The molecule has 0 spiro atoms. The first kappa shape index (κ1) is 21.6. The average molecular weight is 476 g/mol. The van der Waals surface area contributed by atoms with Gasteiger partial charge in [-0.3, -0.25) is 9.55 Å². The number of rotatable bonds is 6. The van der Waals surface area contributed by atoms with Gasteiger partial charge in [0.15, 0.2) is 10.2 Å². The van der Waals surface area contributed by atoms with Crippen LogP contribution in [-0.4, -0.2) is 31.7 Å². The van der Waals surface area contributed by atoms with Gasteiger partial charge in [-0.25, -0.2) is 4.98 Å². The van der Waals surface area contributed by atoms with Crippen molar-refractivity contribution in [2.75, 3.05) is 7.11 Å². The SMILES string of the molecule is COc1ccc(CN2C(=S)N[C@H](c3ccccn3)[C@H]2c2cc(C)n(-c3nccs3)c2C)cc1. The molecule has 33 heavy (non-hydrogen) atoms. The predicted molar refractivity (Wildman–Crippen MR) is 135 cm³/mol. The molecule has 5 rings (SSSR count). The molecule has 1 fully saturated rings. The average Bonchev–Trinajstić information content (AvgIpc) is 3.54. The Labute approximate surface area is 202 Å². The largest absolute Gasteiger partial charge is 0.497 e. The first-order chi connectivity index (χ1) is 16.1. The highest BCUT2D eigenvalue weighted by Gasteiger charge is 2.41. The van der Waals surface area contributed by atoms with Crippen molar-refractivity contribution >= 4 is 28.7 Å². The lowest BCUT2D eigenvalue weighted by Crippen LogP contribution is -2.29. The fraction of sp³-hybridized carbons (Fsp3) is 0.240. The van der Waals surface area contributed by atoms with Crippen LogP contribution in [0, 0.1) is 13.8 Å². The van der Waals surface area contributed by atoms with E-state index < -0.39 is 0 Å². The van der Waals surface area contributed by atoms with Gasteiger partial charge in [0, 0.05) is 35.7 Å². The first-order valence-electron chi connectivity index (χ1n) is 10.8. The van der Waals surface area contributed by atoms with Gasteiger partial charge in [-0.05, 0) is 67.5 Å². The maximum absolute atomic E-state index is 5.85. The van der Waals surface area contributed by atoms with Gasteiger partial charge >= 0.3 is 0 Å². The Hall–Kier alpha value is -3.23. The summed E-state index contributed by atoms with van der Waals surface area (Å²) in [6.07, 6.45) is 3.68. The number of pyridine rings is 1. The molecule has 1 saturated heterocycles. The molecule has 1 N–H and O–H groups in total. The number of methoxy groups -OCH3 is 1. The molecule has 4 heterocycles. The molecular weight excluding hydrogens is 450 g/mol. The molecule has 8 heteroatoms. The molecule has 0 amide bonds. The van der Waals surface area contributed by atoms with E-state index >= 15 is 0 Å². The standard InChI is InChI=1S/C25H25N5OS2/c1-16-14-20(17(2)30(16)25-27-12-13-33-25)23-22(21-6-4-5-11-26-21)28-24(32)29(23)15-18-7-9-19(31-3)10-8-18/h4-14,22-23H,15H2,1-3H3,(H,28,32)/t22-,23-/m1/s1. The maximum Gasteiger partial charge on any atom is 0.193 e. The molecule has 168 valence electrons. The maximum atomic E-state index is 5.85. The third-order valence-corrected chi connectivity index (χ3v) is 7.22. The van der Waals surface area contributed by atoms with Gasteiger partial charge in [0.2, 0.25) is 0 Å². The minimum Gasteiger partial charge on any atom is -0.497 e. The van der Waals surface area contributed by atoms with Gasteiger partial charge in [-0.2, -0.15) is 0 Å². The summed E-state index contributed by atoms with van der Waals surface area (Å²) >= 11 is 7.49. The van der Waals surface area contributed by atoms with Crippen LogP contribution in [0.2, 0.25) is 0 Å². The molecule has 1 aliphatic heterocycles. The minimum absolute atomic E-state index is 0.00517. The predicted octanol–water partition coefficient (Wildman–Crippen LogP) is 5.13. The summed E-state index contributed by atoms with van der Waals surface area (Å²) in [5.74, 6) is 0.843. The van der Waals surface area contributed by atoms with Gasteiger partial charge < -0.3 is 15.0 Å². The number of aromatic nitrogens is 3. The number of thiazole rings is 1. The van der Waals surface area contributed by atoms with E-state index in [9.17, 15) is 0 Å². The summed E-state index contributed by atoms with van der Waals surface area (Å²) in [5.41, 5.74) is 5.68. The summed E-state index contributed by atoms with van der Waals surface area (Å²) in [5, 5.41) is 7.26. The van der Waals surface area contributed by atoms with Crippen LogP contribution >= 0.6 is 23.6 Å². The first-order valence-corrected chi connectivity index (χ1v) is 12.1. The van der Waals surface area contributed by atoms with Crippen molar-refractivity contribution in [2.45, 2.75) is 32.5 Å². The molecule has 0 radical (unpaired) electrons. The Morgan fingerprint density at radius 3 is 2.58 bits per heavy atom. The lowest BCUT2D eigenvalue weighted by Gasteiger charge is -2.28. The Morgan fingerprint density at radius 1 is 1.09 bits per heavy atom. The molecule has 4 aromatic rings. The highest BCUT2D eigenvalue weighted by atomic mass is 32.1. The van der Waals surface area contributed by atoms with Gasteiger partial charge in [-0.15, -0.1) is 11.3 Å².